The molecule has 0 aromatic carbocycles. The number of hydrogen-bond donors (Lipinski definition) is 0. The zero-order valence-electron chi connectivity index (χ0n) is 6.54. The average Bonchev–Trinajstić information content (AvgIpc) is 2.01. The van der Waals surface area contributed by atoms with Crippen molar-refractivity contribution < 1.29 is 0 Å². The molecule has 0 N–H and O–H groups in total. The molecule has 2 nitrogen and oxygen atoms in total. The van der Waals surface area contributed by atoms with E-state index in [9.17, 15) is 0 Å². The fraction of sp³-hybridized carbons (Fsp3) is 0.333. The van der Waals surface area contributed by atoms with Crippen molar-refractivity contribution in [1.82, 2.24) is 4.98 Å². The highest BCUT2D eigenvalue weighted by Crippen LogP contribution is 2.02. The van der Waals surface area contributed by atoms with Gasteiger partial charge in [0.15, 0.2) is 0 Å². The first-order valence-electron chi connectivity index (χ1n) is 3.61. The molecule has 0 radical (unpaired) electrons. The quantitative estimate of drug-likeness (QED) is 0.638. The van der Waals surface area contributed by atoms with Gasteiger partial charge in [0.05, 0.1) is 6.07 Å². The van der Waals surface area contributed by atoms with Gasteiger partial charge >= 0.3 is 0 Å². The van der Waals surface area contributed by atoms with E-state index >= 15 is 0 Å². The van der Waals surface area contributed by atoms with E-state index in [2.05, 4.69) is 11.1 Å². The van der Waals surface area contributed by atoms with Gasteiger partial charge in [0.25, 0.3) is 0 Å². The van der Waals surface area contributed by atoms with Gasteiger partial charge in [0, 0.05) is 18.3 Å². The third kappa shape index (κ3) is 2.38. The molecule has 1 aromatic heterocycles. The van der Waals surface area contributed by atoms with Crippen molar-refractivity contribution in [1.29, 1.82) is 5.26 Å². The summed E-state index contributed by atoms with van der Waals surface area (Å²) in [5.41, 5.74) is 2.21. The summed E-state index contributed by atoms with van der Waals surface area (Å²) in [6.07, 6.45) is 3.20. The molecule has 0 unspecified atom stereocenters. The number of aryl methyl sites for hydroxylation is 2. The maximum Gasteiger partial charge on any atom is 0.0625 e. The minimum atomic E-state index is 0.587. The highest BCUT2D eigenvalue weighted by molar-refractivity contribution is 5.15. The van der Waals surface area contributed by atoms with Gasteiger partial charge in [0.2, 0.25) is 0 Å². The van der Waals surface area contributed by atoms with Gasteiger partial charge in [-0.2, -0.15) is 5.26 Å². The Labute approximate surface area is 66.5 Å². The molecule has 0 atom stereocenters. The van der Waals surface area contributed by atoms with Crippen molar-refractivity contribution >= 4 is 0 Å². The van der Waals surface area contributed by atoms with E-state index in [-0.39, 0.29) is 0 Å². The van der Waals surface area contributed by atoms with Crippen LogP contribution in [0.25, 0.3) is 0 Å². The van der Waals surface area contributed by atoms with Crippen molar-refractivity contribution in [3.8, 4) is 6.07 Å². The topological polar surface area (TPSA) is 36.7 Å². The summed E-state index contributed by atoms with van der Waals surface area (Å²) in [7, 11) is 0. The molecular weight excluding hydrogens is 136 g/mol. The summed E-state index contributed by atoms with van der Waals surface area (Å²) in [6, 6.07) is 6.08. The van der Waals surface area contributed by atoms with Crippen LogP contribution < -0.4 is 0 Å². The molecule has 0 saturated heterocycles. The van der Waals surface area contributed by atoms with Gasteiger partial charge in [-0.1, -0.05) is 0 Å². The van der Waals surface area contributed by atoms with E-state index in [4.69, 9.17) is 5.26 Å². The van der Waals surface area contributed by atoms with Crippen LogP contribution in [0.3, 0.4) is 0 Å². The van der Waals surface area contributed by atoms with Crippen LogP contribution in [0.5, 0.6) is 0 Å². The van der Waals surface area contributed by atoms with E-state index in [1.165, 1.54) is 5.56 Å². The van der Waals surface area contributed by atoms with Gasteiger partial charge < -0.3 is 0 Å². The van der Waals surface area contributed by atoms with E-state index in [0.29, 0.717) is 6.42 Å². The first-order chi connectivity index (χ1) is 5.33. The van der Waals surface area contributed by atoms with E-state index in [1.807, 2.05) is 19.1 Å². The van der Waals surface area contributed by atoms with Gasteiger partial charge in [-0.15, -0.1) is 0 Å². The van der Waals surface area contributed by atoms with Crippen molar-refractivity contribution in [2.45, 2.75) is 19.8 Å². The highest BCUT2D eigenvalue weighted by Gasteiger charge is 1.91. The van der Waals surface area contributed by atoms with Gasteiger partial charge in [-0.05, 0) is 31.0 Å². The maximum atomic E-state index is 8.33. The number of rotatable bonds is 2. The molecule has 2 heteroatoms. The Morgan fingerprint density at radius 2 is 2.45 bits per heavy atom. The first-order valence-corrected chi connectivity index (χ1v) is 3.61. The van der Waals surface area contributed by atoms with Crippen LogP contribution in [0, 0.1) is 18.3 Å². The standard InChI is InChI=1S/C9H10N2/c1-8-7-9(3-2-5-10)4-6-11-8/h4,6-7H,2-3H2,1H3. The van der Waals surface area contributed by atoms with E-state index < -0.39 is 0 Å². The molecule has 0 aliphatic heterocycles. The van der Waals surface area contributed by atoms with Gasteiger partial charge in [0.1, 0.15) is 0 Å². The van der Waals surface area contributed by atoms with Crippen LogP contribution >= 0.6 is 0 Å². The van der Waals surface area contributed by atoms with Crippen LogP contribution in [0.1, 0.15) is 17.7 Å². The Morgan fingerprint density at radius 1 is 1.64 bits per heavy atom. The molecule has 11 heavy (non-hydrogen) atoms. The minimum absolute atomic E-state index is 0.587. The van der Waals surface area contributed by atoms with Crippen molar-refractivity contribution in [2.75, 3.05) is 0 Å². The predicted molar refractivity (Wildman–Crippen MR) is 42.9 cm³/mol. The normalized spacial score (nSPS) is 9.09. The zero-order valence-corrected chi connectivity index (χ0v) is 6.54. The van der Waals surface area contributed by atoms with E-state index in [1.54, 1.807) is 6.20 Å². The molecule has 1 rings (SSSR count). The number of nitriles is 1. The molecule has 1 aromatic rings. The lowest BCUT2D eigenvalue weighted by atomic mass is 10.1. The Morgan fingerprint density at radius 3 is 3.09 bits per heavy atom. The van der Waals surface area contributed by atoms with Gasteiger partial charge in [-0.3, -0.25) is 4.98 Å². The Balaban J connectivity index is 2.65. The van der Waals surface area contributed by atoms with Crippen molar-refractivity contribution in [2.24, 2.45) is 0 Å². The lowest BCUT2D eigenvalue weighted by Gasteiger charge is -1.96. The maximum absolute atomic E-state index is 8.33. The molecule has 0 amide bonds. The SMILES string of the molecule is Cc1cc(CCC#N)ccn1. The third-order valence-corrected chi connectivity index (χ3v) is 1.49. The summed E-state index contributed by atoms with van der Waals surface area (Å²) < 4.78 is 0. The third-order valence-electron chi connectivity index (χ3n) is 1.49. The van der Waals surface area contributed by atoms with Crippen LogP contribution in [-0.2, 0) is 6.42 Å². The zero-order chi connectivity index (χ0) is 8.10. The summed E-state index contributed by atoms with van der Waals surface area (Å²) >= 11 is 0. The predicted octanol–water partition coefficient (Wildman–Crippen LogP) is 1.85. The van der Waals surface area contributed by atoms with Crippen LogP contribution in [0.4, 0.5) is 0 Å². The van der Waals surface area contributed by atoms with Crippen molar-refractivity contribution in [3.05, 3.63) is 29.6 Å². The summed E-state index contributed by atoms with van der Waals surface area (Å²) in [5, 5.41) is 8.33. The fourth-order valence-electron chi connectivity index (χ4n) is 0.960. The average molecular weight is 146 g/mol. The Bertz CT molecular complexity index is 273. The summed E-state index contributed by atoms with van der Waals surface area (Å²) in [4.78, 5) is 4.06. The largest absolute Gasteiger partial charge is 0.262 e. The Hall–Kier alpha value is -1.36. The highest BCUT2D eigenvalue weighted by atomic mass is 14.6. The summed E-state index contributed by atoms with van der Waals surface area (Å²) in [6.45, 7) is 1.95. The fourth-order valence-corrected chi connectivity index (χ4v) is 0.960. The van der Waals surface area contributed by atoms with Crippen molar-refractivity contribution in [3.63, 3.8) is 0 Å². The smallest absolute Gasteiger partial charge is 0.0625 e. The Kier molecular flexibility index (Phi) is 2.62. The molecule has 0 spiro atoms. The minimum Gasteiger partial charge on any atom is -0.262 e. The lowest BCUT2D eigenvalue weighted by Crippen LogP contribution is -1.86. The van der Waals surface area contributed by atoms with Crippen LogP contribution in [0.15, 0.2) is 18.3 Å². The molecule has 56 valence electrons. The number of hydrogen-bond acceptors (Lipinski definition) is 2. The molecular formula is C9H10N2. The number of pyridine rings is 1. The molecule has 0 saturated carbocycles. The lowest BCUT2D eigenvalue weighted by molar-refractivity contribution is 0.995. The monoisotopic (exact) mass is 146 g/mol. The van der Waals surface area contributed by atoms with Crippen LogP contribution in [0.2, 0.25) is 0 Å². The first kappa shape index (κ1) is 7.74. The molecule has 1 heterocycles. The van der Waals surface area contributed by atoms with Crippen LogP contribution in [-0.4, -0.2) is 4.98 Å². The second-order valence-corrected chi connectivity index (χ2v) is 2.46. The summed E-state index contributed by atoms with van der Waals surface area (Å²) in [5.74, 6) is 0. The number of aromatic nitrogens is 1. The van der Waals surface area contributed by atoms with E-state index in [0.717, 1.165) is 12.1 Å². The second-order valence-electron chi connectivity index (χ2n) is 2.46. The molecule has 0 bridgehead atoms. The molecule has 0 fully saturated rings. The molecule has 0 aliphatic rings. The second kappa shape index (κ2) is 3.72. The van der Waals surface area contributed by atoms with Gasteiger partial charge in [-0.25, -0.2) is 0 Å². The molecule has 0 aliphatic carbocycles. The number of nitrogens with zero attached hydrogens (tertiary/aromatic N) is 2.